The van der Waals surface area contributed by atoms with Crippen LogP contribution >= 0.6 is 11.6 Å². The number of halogens is 1. The fraction of sp³-hybridized carbons (Fsp3) is 0.467. The molecule has 0 spiro atoms. The minimum absolute atomic E-state index is 0.0206. The standard InChI is InChI=1S/C15H18ClN3O4/c1-3-12(18-6-4-5-14(18)20)15(21)17-11-8-13(19(22)23)10(16)7-9(11)2/h7-8,12H,3-6H2,1-2H3,(H,17,21)/t12-/m1/s1. The number of benzene rings is 1. The van der Waals surface area contributed by atoms with Crippen LogP contribution in [0.15, 0.2) is 12.1 Å². The summed E-state index contributed by atoms with van der Waals surface area (Å²) in [4.78, 5) is 36.2. The summed E-state index contributed by atoms with van der Waals surface area (Å²) in [5.41, 5.74) is 0.686. The third-order valence-electron chi connectivity index (χ3n) is 3.92. The lowest BCUT2D eigenvalue weighted by atomic mass is 10.1. The van der Waals surface area contributed by atoms with Crippen LogP contribution in [-0.2, 0) is 9.59 Å². The molecule has 1 saturated heterocycles. The number of hydrogen-bond donors (Lipinski definition) is 1. The zero-order chi connectivity index (χ0) is 17.1. The molecule has 1 N–H and O–H groups in total. The van der Waals surface area contributed by atoms with Crippen LogP contribution < -0.4 is 5.32 Å². The Kier molecular flexibility index (Phi) is 5.20. The van der Waals surface area contributed by atoms with Crippen molar-refractivity contribution in [2.24, 2.45) is 0 Å². The maximum Gasteiger partial charge on any atom is 0.289 e. The van der Waals surface area contributed by atoms with E-state index in [1.165, 1.54) is 12.1 Å². The maximum atomic E-state index is 12.5. The van der Waals surface area contributed by atoms with E-state index >= 15 is 0 Å². The van der Waals surface area contributed by atoms with Crippen LogP contribution in [0.3, 0.4) is 0 Å². The summed E-state index contributed by atoms with van der Waals surface area (Å²) in [6.45, 7) is 4.09. The van der Waals surface area contributed by atoms with E-state index in [1.807, 2.05) is 6.92 Å². The average Bonchev–Trinajstić information content (AvgIpc) is 2.88. The van der Waals surface area contributed by atoms with Gasteiger partial charge >= 0.3 is 0 Å². The second-order valence-corrected chi connectivity index (χ2v) is 5.89. The van der Waals surface area contributed by atoms with Crippen molar-refractivity contribution >= 4 is 34.8 Å². The average molecular weight is 340 g/mol. The third-order valence-corrected chi connectivity index (χ3v) is 4.23. The molecule has 0 bridgehead atoms. The zero-order valence-corrected chi connectivity index (χ0v) is 13.7. The molecule has 0 unspecified atom stereocenters. The van der Waals surface area contributed by atoms with Crippen molar-refractivity contribution in [3.8, 4) is 0 Å². The van der Waals surface area contributed by atoms with E-state index in [2.05, 4.69) is 5.32 Å². The smallest absolute Gasteiger partial charge is 0.289 e. The molecule has 7 nitrogen and oxygen atoms in total. The summed E-state index contributed by atoms with van der Waals surface area (Å²) < 4.78 is 0. The van der Waals surface area contributed by atoms with Gasteiger partial charge in [0.25, 0.3) is 5.69 Å². The van der Waals surface area contributed by atoms with Crippen molar-refractivity contribution in [3.63, 3.8) is 0 Å². The van der Waals surface area contributed by atoms with Crippen molar-refractivity contribution in [1.82, 2.24) is 4.90 Å². The highest BCUT2D eigenvalue weighted by atomic mass is 35.5. The third kappa shape index (κ3) is 3.61. The molecule has 0 saturated carbocycles. The number of carbonyl (C=O) groups excluding carboxylic acids is 2. The molecule has 0 radical (unpaired) electrons. The number of nitro groups is 1. The lowest BCUT2D eigenvalue weighted by Gasteiger charge is -2.26. The lowest BCUT2D eigenvalue weighted by molar-refractivity contribution is -0.384. The number of amides is 2. The van der Waals surface area contributed by atoms with E-state index in [1.54, 1.807) is 11.8 Å². The molecule has 0 aliphatic carbocycles. The molecule has 1 heterocycles. The first kappa shape index (κ1) is 17.2. The minimum Gasteiger partial charge on any atom is -0.331 e. The van der Waals surface area contributed by atoms with Crippen molar-refractivity contribution < 1.29 is 14.5 Å². The summed E-state index contributed by atoms with van der Waals surface area (Å²) in [7, 11) is 0. The molecular weight excluding hydrogens is 322 g/mol. The van der Waals surface area contributed by atoms with Gasteiger partial charge in [-0.1, -0.05) is 18.5 Å². The lowest BCUT2D eigenvalue weighted by Crippen LogP contribution is -2.44. The van der Waals surface area contributed by atoms with Crippen LogP contribution in [0.5, 0.6) is 0 Å². The Hall–Kier alpha value is -2.15. The summed E-state index contributed by atoms with van der Waals surface area (Å²) >= 11 is 5.84. The number of carbonyl (C=O) groups is 2. The van der Waals surface area contributed by atoms with E-state index in [0.29, 0.717) is 30.6 Å². The first-order valence-electron chi connectivity index (χ1n) is 7.40. The molecule has 124 valence electrons. The van der Waals surface area contributed by atoms with E-state index in [9.17, 15) is 19.7 Å². The summed E-state index contributed by atoms with van der Waals surface area (Å²) in [5.74, 6) is -0.381. The van der Waals surface area contributed by atoms with E-state index in [0.717, 1.165) is 6.42 Å². The van der Waals surface area contributed by atoms with Crippen molar-refractivity contribution in [1.29, 1.82) is 0 Å². The van der Waals surface area contributed by atoms with Crippen LogP contribution in [0.4, 0.5) is 11.4 Å². The number of anilines is 1. The number of nitrogens with one attached hydrogen (secondary N) is 1. The number of hydrogen-bond acceptors (Lipinski definition) is 4. The molecule has 23 heavy (non-hydrogen) atoms. The van der Waals surface area contributed by atoms with Crippen LogP contribution in [-0.4, -0.2) is 34.2 Å². The predicted molar refractivity (Wildman–Crippen MR) is 86.5 cm³/mol. The van der Waals surface area contributed by atoms with Crippen molar-refractivity contribution in [2.75, 3.05) is 11.9 Å². The molecule has 1 fully saturated rings. The van der Waals surface area contributed by atoms with Gasteiger partial charge in [-0.3, -0.25) is 19.7 Å². The maximum absolute atomic E-state index is 12.5. The molecule has 1 aliphatic heterocycles. The number of rotatable bonds is 5. The number of aryl methyl sites for hydroxylation is 1. The quantitative estimate of drug-likeness (QED) is 0.659. The summed E-state index contributed by atoms with van der Waals surface area (Å²) in [6, 6.07) is 2.12. The van der Waals surface area contributed by atoms with E-state index in [4.69, 9.17) is 11.6 Å². The second kappa shape index (κ2) is 6.95. The minimum atomic E-state index is -0.598. The highest BCUT2D eigenvalue weighted by molar-refractivity contribution is 6.32. The molecule has 0 aromatic heterocycles. The zero-order valence-electron chi connectivity index (χ0n) is 13.0. The van der Waals surface area contributed by atoms with Crippen molar-refractivity contribution in [3.05, 3.63) is 32.8 Å². The molecule has 2 rings (SSSR count). The van der Waals surface area contributed by atoms with Gasteiger partial charge in [-0.15, -0.1) is 0 Å². The Morgan fingerprint density at radius 3 is 2.74 bits per heavy atom. The Labute approximate surface area is 138 Å². The van der Waals surface area contributed by atoms with E-state index < -0.39 is 11.0 Å². The Balaban J connectivity index is 2.23. The fourth-order valence-corrected chi connectivity index (χ4v) is 2.99. The van der Waals surface area contributed by atoms with Crippen LogP contribution in [0.1, 0.15) is 31.7 Å². The predicted octanol–water partition coefficient (Wildman–Crippen LogP) is 2.90. The van der Waals surface area contributed by atoms with Crippen molar-refractivity contribution in [2.45, 2.75) is 39.2 Å². The molecule has 1 aromatic carbocycles. The largest absolute Gasteiger partial charge is 0.331 e. The molecular formula is C15H18ClN3O4. The van der Waals surface area contributed by atoms with Gasteiger partial charge in [-0.05, 0) is 31.4 Å². The van der Waals surface area contributed by atoms with Crippen LogP contribution in [0, 0.1) is 17.0 Å². The van der Waals surface area contributed by atoms with Gasteiger partial charge in [-0.25, -0.2) is 0 Å². The topological polar surface area (TPSA) is 92.5 Å². The monoisotopic (exact) mass is 339 g/mol. The Morgan fingerprint density at radius 2 is 2.22 bits per heavy atom. The summed E-state index contributed by atoms with van der Waals surface area (Å²) in [5, 5.41) is 13.7. The number of nitrogens with zero attached hydrogens (tertiary/aromatic N) is 2. The van der Waals surface area contributed by atoms with Gasteiger partial charge in [-0.2, -0.15) is 0 Å². The molecule has 2 amide bonds. The van der Waals surface area contributed by atoms with Crippen LogP contribution in [0.25, 0.3) is 0 Å². The summed E-state index contributed by atoms with van der Waals surface area (Å²) in [6.07, 6.45) is 1.68. The van der Waals surface area contributed by atoms with Crippen LogP contribution in [0.2, 0.25) is 5.02 Å². The van der Waals surface area contributed by atoms with Gasteiger partial charge in [0.1, 0.15) is 11.1 Å². The van der Waals surface area contributed by atoms with Gasteiger partial charge < -0.3 is 10.2 Å². The molecule has 8 heteroatoms. The Bertz CT molecular complexity index is 662. The first-order chi connectivity index (χ1) is 10.8. The first-order valence-corrected chi connectivity index (χ1v) is 7.77. The number of likely N-dealkylation sites (tertiary alicyclic amines) is 1. The second-order valence-electron chi connectivity index (χ2n) is 5.48. The van der Waals surface area contributed by atoms with E-state index in [-0.39, 0.29) is 22.5 Å². The van der Waals surface area contributed by atoms with Gasteiger partial charge in [0.2, 0.25) is 11.8 Å². The Morgan fingerprint density at radius 1 is 1.52 bits per heavy atom. The molecule has 1 atom stereocenters. The molecule has 1 aliphatic rings. The van der Waals surface area contributed by atoms with Gasteiger partial charge in [0.05, 0.1) is 10.6 Å². The SMILES string of the molecule is CC[C@H](C(=O)Nc1cc([N+](=O)[O-])c(Cl)cc1C)N1CCCC1=O. The molecule has 1 aromatic rings. The highest BCUT2D eigenvalue weighted by Gasteiger charge is 2.32. The number of nitro benzene ring substituents is 1. The fourth-order valence-electron chi connectivity index (χ4n) is 2.70. The van der Waals surface area contributed by atoms with Gasteiger partial charge in [0, 0.05) is 19.0 Å². The highest BCUT2D eigenvalue weighted by Crippen LogP contribution is 2.31. The van der Waals surface area contributed by atoms with Gasteiger partial charge in [0.15, 0.2) is 0 Å². The normalized spacial score (nSPS) is 15.6.